The van der Waals surface area contributed by atoms with Crippen LogP contribution in [0, 0.1) is 0 Å². The Kier molecular flexibility index (Phi) is 6.94. The van der Waals surface area contributed by atoms with E-state index in [2.05, 4.69) is 5.32 Å². The van der Waals surface area contributed by atoms with Crippen LogP contribution in [0.5, 0.6) is 11.5 Å². The predicted molar refractivity (Wildman–Crippen MR) is 144 cm³/mol. The third-order valence-electron chi connectivity index (χ3n) is 6.77. The number of nitrogens with zero attached hydrogens (tertiary/aromatic N) is 2. The lowest BCUT2D eigenvalue weighted by molar-refractivity contribution is 0.0516. The van der Waals surface area contributed by atoms with Crippen molar-refractivity contribution in [2.75, 3.05) is 39.2 Å². The van der Waals surface area contributed by atoms with Gasteiger partial charge in [-0.15, -0.1) is 0 Å². The average molecular weight is 496 g/mol. The molecule has 3 amide bonds. The number of methoxy groups -OCH3 is 2. The van der Waals surface area contributed by atoms with Crippen molar-refractivity contribution >= 4 is 28.4 Å². The van der Waals surface area contributed by atoms with Gasteiger partial charge < -0.3 is 24.6 Å². The van der Waals surface area contributed by atoms with Crippen molar-refractivity contribution in [1.29, 1.82) is 0 Å². The SMILES string of the molecule is COc1ccc(C(=O)N2CCN(C(=O)Nc3cccc4ccccc34)CC2c2ccccc2)cc1OC. The number of carbonyl (C=O) groups is 2. The Hall–Kier alpha value is -4.52. The van der Waals surface area contributed by atoms with E-state index in [1.165, 1.54) is 0 Å². The van der Waals surface area contributed by atoms with E-state index in [0.717, 1.165) is 22.0 Å². The van der Waals surface area contributed by atoms with Crippen molar-refractivity contribution in [1.82, 2.24) is 9.80 Å². The van der Waals surface area contributed by atoms with Crippen molar-refractivity contribution in [3.63, 3.8) is 0 Å². The van der Waals surface area contributed by atoms with E-state index < -0.39 is 0 Å². The molecule has 0 aromatic heterocycles. The number of anilines is 1. The Balaban J connectivity index is 1.40. The Labute approximate surface area is 216 Å². The van der Waals surface area contributed by atoms with Gasteiger partial charge in [-0.3, -0.25) is 4.79 Å². The lowest BCUT2D eigenvalue weighted by Gasteiger charge is -2.41. The van der Waals surface area contributed by atoms with Gasteiger partial charge in [-0.1, -0.05) is 66.7 Å². The molecule has 4 aromatic carbocycles. The molecule has 1 atom stereocenters. The Morgan fingerprint density at radius 2 is 1.54 bits per heavy atom. The number of benzene rings is 4. The molecule has 1 fully saturated rings. The summed E-state index contributed by atoms with van der Waals surface area (Å²) in [6, 6.07) is 28.3. The Morgan fingerprint density at radius 1 is 0.811 bits per heavy atom. The van der Waals surface area contributed by atoms with Gasteiger partial charge in [-0.05, 0) is 35.2 Å². The molecule has 1 aliphatic heterocycles. The van der Waals surface area contributed by atoms with Gasteiger partial charge in [-0.2, -0.15) is 0 Å². The van der Waals surface area contributed by atoms with Gasteiger partial charge in [-0.25, -0.2) is 4.79 Å². The molecule has 5 rings (SSSR count). The molecule has 7 nitrogen and oxygen atoms in total. The molecule has 1 unspecified atom stereocenters. The number of amides is 3. The van der Waals surface area contributed by atoms with Crippen LogP contribution < -0.4 is 14.8 Å². The summed E-state index contributed by atoms with van der Waals surface area (Å²) in [5.74, 6) is 0.940. The standard InChI is InChI=1S/C30H29N3O4/c1-36-27-16-15-23(19-28(27)37-2)29(34)33-18-17-32(20-26(33)22-10-4-3-5-11-22)30(35)31-25-14-8-12-21-9-6-7-13-24(21)25/h3-16,19,26H,17-18,20H2,1-2H3,(H,31,35). The maximum absolute atomic E-state index is 13.7. The first-order chi connectivity index (χ1) is 18.1. The smallest absolute Gasteiger partial charge is 0.322 e. The van der Waals surface area contributed by atoms with Gasteiger partial charge in [0.05, 0.1) is 25.9 Å². The van der Waals surface area contributed by atoms with Crippen LogP contribution in [-0.4, -0.2) is 55.6 Å². The molecule has 7 heteroatoms. The molecule has 1 saturated heterocycles. The number of nitrogens with one attached hydrogen (secondary N) is 1. The number of carbonyl (C=O) groups excluding carboxylic acids is 2. The van der Waals surface area contributed by atoms with E-state index in [-0.39, 0.29) is 18.0 Å². The van der Waals surface area contributed by atoms with Gasteiger partial charge in [0, 0.05) is 30.6 Å². The first kappa shape index (κ1) is 24.2. The number of piperazine rings is 1. The van der Waals surface area contributed by atoms with Crippen LogP contribution in [0.25, 0.3) is 10.8 Å². The minimum Gasteiger partial charge on any atom is -0.493 e. The highest BCUT2D eigenvalue weighted by Gasteiger charge is 2.34. The molecule has 0 saturated carbocycles. The fourth-order valence-electron chi connectivity index (χ4n) is 4.83. The zero-order valence-corrected chi connectivity index (χ0v) is 20.9. The first-order valence-corrected chi connectivity index (χ1v) is 12.2. The van der Waals surface area contributed by atoms with Crippen LogP contribution >= 0.6 is 0 Å². The summed E-state index contributed by atoms with van der Waals surface area (Å²) in [7, 11) is 3.11. The molecule has 0 spiro atoms. The molecule has 0 aliphatic carbocycles. The first-order valence-electron chi connectivity index (χ1n) is 12.2. The molecule has 0 radical (unpaired) electrons. The molecule has 0 bridgehead atoms. The van der Waals surface area contributed by atoms with Gasteiger partial charge >= 0.3 is 6.03 Å². The molecular weight excluding hydrogens is 466 g/mol. The molecule has 188 valence electrons. The second kappa shape index (κ2) is 10.6. The Bertz CT molecular complexity index is 1420. The van der Waals surface area contributed by atoms with Crippen LogP contribution in [0.4, 0.5) is 10.5 Å². The van der Waals surface area contributed by atoms with Gasteiger partial charge in [0.2, 0.25) is 0 Å². The van der Waals surface area contributed by atoms with Crippen LogP contribution in [-0.2, 0) is 0 Å². The monoisotopic (exact) mass is 495 g/mol. The number of hydrogen-bond acceptors (Lipinski definition) is 4. The molecule has 1 aliphatic rings. The summed E-state index contributed by atoms with van der Waals surface area (Å²) >= 11 is 0. The summed E-state index contributed by atoms with van der Waals surface area (Å²) in [6.45, 7) is 1.19. The zero-order chi connectivity index (χ0) is 25.8. The maximum atomic E-state index is 13.7. The highest BCUT2D eigenvalue weighted by molar-refractivity contribution is 6.01. The number of ether oxygens (including phenoxy) is 2. The highest BCUT2D eigenvalue weighted by Crippen LogP contribution is 2.32. The lowest BCUT2D eigenvalue weighted by atomic mass is 10.0. The number of hydrogen-bond donors (Lipinski definition) is 1. The van der Waals surface area contributed by atoms with E-state index in [4.69, 9.17) is 9.47 Å². The maximum Gasteiger partial charge on any atom is 0.322 e. The third kappa shape index (κ3) is 4.93. The lowest BCUT2D eigenvalue weighted by Crippen LogP contribution is -2.53. The van der Waals surface area contributed by atoms with E-state index in [1.54, 1.807) is 37.3 Å². The van der Waals surface area contributed by atoms with Crippen LogP contribution in [0.1, 0.15) is 22.0 Å². The minimum atomic E-state index is -0.297. The van der Waals surface area contributed by atoms with Crippen molar-refractivity contribution in [3.05, 3.63) is 102 Å². The number of urea groups is 1. The normalized spacial score (nSPS) is 15.4. The van der Waals surface area contributed by atoms with Crippen LogP contribution in [0.15, 0.2) is 91.0 Å². The minimum absolute atomic E-state index is 0.121. The summed E-state index contributed by atoms with van der Waals surface area (Å²) in [6.07, 6.45) is 0. The quantitative estimate of drug-likeness (QED) is 0.392. The summed E-state index contributed by atoms with van der Waals surface area (Å²) in [5.41, 5.74) is 2.24. The Morgan fingerprint density at radius 3 is 2.32 bits per heavy atom. The second-order valence-electron chi connectivity index (χ2n) is 8.90. The average Bonchev–Trinajstić information content (AvgIpc) is 2.96. The molecule has 1 N–H and O–H groups in total. The second-order valence-corrected chi connectivity index (χ2v) is 8.90. The number of fused-ring (bicyclic) bond motifs is 1. The number of rotatable bonds is 5. The fourth-order valence-corrected chi connectivity index (χ4v) is 4.83. The van der Waals surface area contributed by atoms with Gasteiger partial charge in [0.1, 0.15) is 0 Å². The van der Waals surface area contributed by atoms with Gasteiger partial charge in [0.15, 0.2) is 11.5 Å². The fraction of sp³-hybridized carbons (Fsp3) is 0.200. The molecule has 1 heterocycles. The van der Waals surface area contributed by atoms with Crippen molar-refractivity contribution < 1.29 is 19.1 Å². The predicted octanol–water partition coefficient (Wildman–Crippen LogP) is 5.59. The van der Waals surface area contributed by atoms with E-state index in [0.29, 0.717) is 36.7 Å². The summed E-state index contributed by atoms with van der Waals surface area (Å²) in [4.78, 5) is 30.7. The summed E-state index contributed by atoms with van der Waals surface area (Å²) in [5, 5.41) is 5.13. The summed E-state index contributed by atoms with van der Waals surface area (Å²) < 4.78 is 10.7. The topological polar surface area (TPSA) is 71.1 Å². The van der Waals surface area contributed by atoms with Crippen molar-refractivity contribution in [2.45, 2.75) is 6.04 Å². The van der Waals surface area contributed by atoms with Gasteiger partial charge in [0.25, 0.3) is 5.91 Å². The molecule has 4 aromatic rings. The molecular formula is C30H29N3O4. The van der Waals surface area contributed by atoms with Crippen molar-refractivity contribution in [2.24, 2.45) is 0 Å². The largest absolute Gasteiger partial charge is 0.493 e. The van der Waals surface area contributed by atoms with E-state index in [1.807, 2.05) is 77.7 Å². The van der Waals surface area contributed by atoms with E-state index >= 15 is 0 Å². The van der Waals surface area contributed by atoms with Crippen LogP contribution in [0.3, 0.4) is 0 Å². The highest BCUT2D eigenvalue weighted by atomic mass is 16.5. The van der Waals surface area contributed by atoms with Crippen LogP contribution in [0.2, 0.25) is 0 Å². The third-order valence-corrected chi connectivity index (χ3v) is 6.77. The zero-order valence-electron chi connectivity index (χ0n) is 20.9. The van der Waals surface area contributed by atoms with E-state index in [9.17, 15) is 9.59 Å². The van der Waals surface area contributed by atoms with Crippen molar-refractivity contribution in [3.8, 4) is 11.5 Å². The molecule has 37 heavy (non-hydrogen) atoms.